The molecule has 0 saturated carbocycles. The van der Waals surface area contributed by atoms with Crippen molar-refractivity contribution in [1.82, 2.24) is 9.78 Å². The minimum atomic E-state index is -0.216. The molecule has 7 heteroatoms. The predicted molar refractivity (Wildman–Crippen MR) is 137 cm³/mol. The van der Waals surface area contributed by atoms with E-state index in [2.05, 4.69) is 30.0 Å². The van der Waals surface area contributed by atoms with E-state index in [1.54, 1.807) is 18.9 Å². The molecule has 4 aromatic rings. The quantitative estimate of drug-likeness (QED) is 0.405. The highest BCUT2D eigenvalue weighted by Gasteiger charge is 2.45. The molecule has 3 aromatic carbocycles. The number of anilines is 2. The molecule has 1 aromatic heterocycles. The standard InChI is InChI=1S/C28H25N5O2/c1-17-9-5-6-10-22(17)33-27-25(18(2)30-33)26(20-13-15-21(35-4)16-14-20)32-24-12-8-7-11-23(24)31(19(3)34)28(32)29-27/h5-16,26H,1-4H3/t26-/m0/s1. The van der Waals surface area contributed by atoms with Crippen LogP contribution in [0.2, 0.25) is 0 Å². The van der Waals surface area contributed by atoms with Gasteiger partial charge in [-0.25, -0.2) is 9.58 Å². The minimum Gasteiger partial charge on any atom is -0.497 e. The van der Waals surface area contributed by atoms with Gasteiger partial charge in [-0.3, -0.25) is 9.69 Å². The summed E-state index contributed by atoms with van der Waals surface area (Å²) in [5.74, 6) is 2.03. The van der Waals surface area contributed by atoms with E-state index in [0.29, 0.717) is 5.96 Å². The van der Waals surface area contributed by atoms with E-state index in [9.17, 15) is 4.79 Å². The van der Waals surface area contributed by atoms with Gasteiger partial charge in [0.1, 0.15) is 5.75 Å². The van der Waals surface area contributed by atoms with E-state index < -0.39 is 0 Å². The fourth-order valence-electron chi connectivity index (χ4n) is 5.10. The molecule has 0 N–H and O–H groups in total. The molecule has 7 nitrogen and oxygen atoms in total. The number of methoxy groups -OCH3 is 1. The summed E-state index contributed by atoms with van der Waals surface area (Å²) in [6.45, 7) is 5.66. The third-order valence-corrected chi connectivity index (χ3v) is 6.71. The molecule has 0 saturated heterocycles. The molecule has 0 radical (unpaired) electrons. The van der Waals surface area contributed by atoms with Gasteiger partial charge in [-0.05, 0) is 55.3 Å². The van der Waals surface area contributed by atoms with Crippen molar-refractivity contribution < 1.29 is 9.53 Å². The van der Waals surface area contributed by atoms with Crippen LogP contribution in [0, 0.1) is 13.8 Å². The van der Waals surface area contributed by atoms with E-state index in [1.807, 2.05) is 66.2 Å². The lowest BCUT2D eigenvalue weighted by Gasteiger charge is -2.34. The SMILES string of the molecule is COc1ccc([C@H]2c3c(C)nn(-c4ccccc4C)c3N=C3N(C(C)=O)c4ccccc4N32)cc1. The Morgan fingerprint density at radius 2 is 1.54 bits per heavy atom. The Kier molecular flexibility index (Phi) is 4.74. The Labute approximate surface area is 203 Å². The van der Waals surface area contributed by atoms with Gasteiger partial charge < -0.3 is 4.74 Å². The summed E-state index contributed by atoms with van der Waals surface area (Å²) in [7, 11) is 1.66. The Bertz CT molecular complexity index is 1500. The number of hydrogen-bond donors (Lipinski definition) is 0. The van der Waals surface area contributed by atoms with E-state index in [0.717, 1.165) is 51.0 Å². The van der Waals surface area contributed by atoms with Gasteiger partial charge in [-0.15, -0.1) is 0 Å². The minimum absolute atomic E-state index is 0.0886. The van der Waals surface area contributed by atoms with Crippen LogP contribution < -0.4 is 14.5 Å². The molecule has 1 atom stereocenters. The lowest BCUT2D eigenvalue weighted by atomic mass is 9.95. The monoisotopic (exact) mass is 463 g/mol. The fraction of sp³-hybridized carbons (Fsp3) is 0.179. The van der Waals surface area contributed by atoms with Crippen molar-refractivity contribution in [2.75, 3.05) is 16.9 Å². The number of rotatable bonds is 3. The van der Waals surface area contributed by atoms with Crippen LogP contribution in [-0.2, 0) is 4.79 Å². The molecule has 174 valence electrons. The molecule has 1 amide bonds. The second-order valence-corrected chi connectivity index (χ2v) is 8.82. The average Bonchev–Trinajstić information content (AvgIpc) is 3.38. The Hall–Kier alpha value is -4.39. The number of fused-ring (bicyclic) bond motifs is 4. The first-order valence-corrected chi connectivity index (χ1v) is 11.6. The first kappa shape index (κ1) is 21.2. The normalized spacial score (nSPS) is 15.9. The van der Waals surface area contributed by atoms with Crippen LogP contribution in [0.3, 0.4) is 0 Å². The molecule has 0 spiro atoms. The topological polar surface area (TPSA) is 63.0 Å². The number of hydrogen-bond acceptors (Lipinski definition) is 5. The third kappa shape index (κ3) is 3.08. The second kappa shape index (κ2) is 7.84. The molecule has 2 aliphatic heterocycles. The number of ether oxygens (including phenoxy) is 1. The van der Waals surface area contributed by atoms with Gasteiger partial charge in [-0.1, -0.05) is 42.5 Å². The van der Waals surface area contributed by atoms with Crippen LogP contribution in [0.25, 0.3) is 5.69 Å². The lowest BCUT2D eigenvalue weighted by molar-refractivity contribution is -0.115. The van der Waals surface area contributed by atoms with Gasteiger partial charge in [0, 0.05) is 12.5 Å². The molecule has 2 aliphatic rings. The summed E-state index contributed by atoms with van der Waals surface area (Å²) in [5, 5.41) is 4.94. The highest BCUT2D eigenvalue weighted by atomic mass is 16.5. The highest BCUT2D eigenvalue weighted by Crippen LogP contribution is 2.50. The molecule has 0 bridgehead atoms. The maximum absolute atomic E-state index is 12.9. The van der Waals surface area contributed by atoms with E-state index in [1.165, 1.54) is 0 Å². The Balaban J connectivity index is 1.66. The van der Waals surface area contributed by atoms with Crippen LogP contribution in [0.4, 0.5) is 17.2 Å². The average molecular weight is 464 g/mol. The first-order valence-electron chi connectivity index (χ1n) is 11.6. The zero-order valence-electron chi connectivity index (χ0n) is 20.1. The smallest absolute Gasteiger partial charge is 0.230 e. The number of carbonyl (C=O) groups is 1. The summed E-state index contributed by atoms with van der Waals surface area (Å²) < 4.78 is 7.31. The predicted octanol–water partition coefficient (Wildman–Crippen LogP) is 5.46. The molecule has 3 heterocycles. The van der Waals surface area contributed by atoms with Crippen molar-refractivity contribution in [3.8, 4) is 11.4 Å². The molecule has 35 heavy (non-hydrogen) atoms. The largest absolute Gasteiger partial charge is 0.497 e. The van der Waals surface area contributed by atoms with Crippen molar-refractivity contribution in [3.63, 3.8) is 0 Å². The Morgan fingerprint density at radius 1 is 0.886 bits per heavy atom. The number of aryl methyl sites for hydroxylation is 2. The molecule has 0 aliphatic carbocycles. The van der Waals surface area contributed by atoms with Crippen molar-refractivity contribution in [3.05, 3.63) is 95.2 Å². The van der Waals surface area contributed by atoms with Crippen LogP contribution in [-0.4, -0.2) is 28.8 Å². The van der Waals surface area contributed by atoms with Crippen LogP contribution in [0.15, 0.2) is 77.8 Å². The molecule has 0 unspecified atom stereocenters. The number of guanidine groups is 1. The van der Waals surface area contributed by atoms with Gasteiger partial charge in [0.05, 0.1) is 35.9 Å². The lowest BCUT2D eigenvalue weighted by Crippen LogP contribution is -2.44. The number of nitrogens with zero attached hydrogens (tertiary/aromatic N) is 5. The zero-order valence-corrected chi connectivity index (χ0v) is 20.1. The van der Waals surface area contributed by atoms with Crippen molar-refractivity contribution in [2.24, 2.45) is 4.99 Å². The van der Waals surface area contributed by atoms with Gasteiger partial charge >= 0.3 is 0 Å². The van der Waals surface area contributed by atoms with Crippen molar-refractivity contribution in [2.45, 2.75) is 26.8 Å². The summed E-state index contributed by atoms with van der Waals surface area (Å²) in [4.78, 5) is 21.8. The molecular weight excluding hydrogens is 438 g/mol. The van der Waals surface area contributed by atoms with Crippen LogP contribution >= 0.6 is 0 Å². The number of benzene rings is 3. The molecule has 6 rings (SSSR count). The zero-order chi connectivity index (χ0) is 24.3. The third-order valence-electron chi connectivity index (χ3n) is 6.71. The number of carbonyl (C=O) groups excluding carboxylic acids is 1. The van der Waals surface area contributed by atoms with Crippen molar-refractivity contribution in [1.29, 1.82) is 0 Å². The van der Waals surface area contributed by atoms with Crippen molar-refractivity contribution >= 4 is 29.1 Å². The van der Waals surface area contributed by atoms with E-state index >= 15 is 0 Å². The van der Waals surface area contributed by atoms with E-state index in [-0.39, 0.29) is 11.9 Å². The number of aliphatic imine (C=N–C) groups is 1. The summed E-state index contributed by atoms with van der Waals surface area (Å²) in [5.41, 5.74) is 6.80. The summed E-state index contributed by atoms with van der Waals surface area (Å²) in [6, 6.07) is 23.9. The number of para-hydroxylation sites is 3. The fourth-order valence-corrected chi connectivity index (χ4v) is 5.10. The van der Waals surface area contributed by atoms with Gasteiger partial charge in [0.25, 0.3) is 0 Å². The second-order valence-electron chi connectivity index (χ2n) is 8.82. The number of amides is 1. The first-order chi connectivity index (χ1) is 17.0. The van der Waals surface area contributed by atoms with Crippen LogP contribution in [0.1, 0.15) is 35.3 Å². The summed E-state index contributed by atoms with van der Waals surface area (Å²) in [6.07, 6.45) is 0. The highest BCUT2D eigenvalue weighted by molar-refractivity contribution is 6.29. The molecular formula is C28H25N5O2. The van der Waals surface area contributed by atoms with E-state index in [4.69, 9.17) is 14.8 Å². The maximum Gasteiger partial charge on any atom is 0.230 e. The maximum atomic E-state index is 12.9. The Morgan fingerprint density at radius 3 is 2.20 bits per heavy atom. The molecule has 0 fully saturated rings. The van der Waals surface area contributed by atoms with Gasteiger partial charge in [0.15, 0.2) is 5.82 Å². The van der Waals surface area contributed by atoms with Gasteiger partial charge in [0.2, 0.25) is 11.9 Å². The van der Waals surface area contributed by atoms with Gasteiger partial charge in [-0.2, -0.15) is 10.1 Å². The number of aromatic nitrogens is 2. The van der Waals surface area contributed by atoms with Crippen LogP contribution in [0.5, 0.6) is 5.75 Å². The summed E-state index contributed by atoms with van der Waals surface area (Å²) >= 11 is 0.